The van der Waals surface area contributed by atoms with Gasteiger partial charge in [0.05, 0.1) is 18.9 Å². The van der Waals surface area contributed by atoms with Gasteiger partial charge in [0, 0.05) is 41.5 Å². The molecule has 0 amide bonds. The zero-order valence-corrected chi connectivity index (χ0v) is 19.2. The third-order valence-corrected chi connectivity index (χ3v) is 7.24. The van der Waals surface area contributed by atoms with Gasteiger partial charge >= 0.3 is 5.97 Å². The second kappa shape index (κ2) is 10.7. The number of fused-ring (bicyclic) bond motifs is 1. The summed E-state index contributed by atoms with van der Waals surface area (Å²) in [5.41, 5.74) is 3.38. The van der Waals surface area contributed by atoms with E-state index in [1.807, 2.05) is 12.3 Å². The number of carboxylic acid groups (broad SMARTS) is 1. The Morgan fingerprint density at radius 2 is 2.16 bits per heavy atom. The van der Waals surface area contributed by atoms with Gasteiger partial charge in [0.25, 0.3) is 0 Å². The summed E-state index contributed by atoms with van der Waals surface area (Å²) in [7, 11) is 1.57. The lowest BCUT2D eigenvalue weighted by Gasteiger charge is -2.22. The lowest BCUT2D eigenvalue weighted by Crippen LogP contribution is -2.27. The normalized spacial score (nSPS) is 18.2. The number of aromatic nitrogens is 2. The predicted octanol–water partition coefficient (Wildman–Crippen LogP) is 4.32. The Kier molecular flexibility index (Phi) is 7.52. The number of carbonyl (C=O) groups is 1. The maximum absolute atomic E-state index is 11.5. The van der Waals surface area contributed by atoms with Crippen molar-refractivity contribution in [1.29, 1.82) is 0 Å². The molecule has 2 aliphatic heterocycles. The standard InChI is InChI=1S/C24H30N4O3S/c1-31-21-11-9-17(14-26-21)20(13-22(29)30)24-27-15-19(32-24)7-3-2-6-18-10-8-16-5-4-12-25-23(16)28-18/h8-11,14-15,20,24,27H,2-7,12-13H2,1H3,(H,25,28)(H,29,30). The van der Waals surface area contributed by atoms with Crippen LogP contribution in [0.5, 0.6) is 5.88 Å². The number of hydrogen-bond donors (Lipinski definition) is 3. The zero-order chi connectivity index (χ0) is 22.3. The highest BCUT2D eigenvalue weighted by Gasteiger charge is 2.30. The van der Waals surface area contributed by atoms with E-state index in [0.717, 1.165) is 55.7 Å². The van der Waals surface area contributed by atoms with Gasteiger partial charge in [-0.15, -0.1) is 11.8 Å². The number of thioether (sulfide) groups is 1. The van der Waals surface area contributed by atoms with E-state index in [1.165, 1.54) is 16.9 Å². The van der Waals surface area contributed by atoms with Crippen molar-refractivity contribution in [2.45, 2.75) is 56.2 Å². The molecule has 0 radical (unpaired) electrons. The molecule has 8 heteroatoms. The summed E-state index contributed by atoms with van der Waals surface area (Å²) >= 11 is 1.73. The molecular weight excluding hydrogens is 424 g/mol. The summed E-state index contributed by atoms with van der Waals surface area (Å²) < 4.78 is 5.12. The van der Waals surface area contributed by atoms with Crippen LogP contribution in [-0.4, -0.2) is 40.1 Å². The first-order chi connectivity index (χ1) is 15.6. The summed E-state index contributed by atoms with van der Waals surface area (Å²) in [4.78, 5) is 21.8. The number of pyridine rings is 2. The molecule has 4 heterocycles. The summed E-state index contributed by atoms with van der Waals surface area (Å²) in [6.07, 6.45) is 10.2. The Morgan fingerprint density at radius 1 is 1.28 bits per heavy atom. The smallest absolute Gasteiger partial charge is 0.304 e. The Bertz CT molecular complexity index is 964. The lowest BCUT2D eigenvalue weighted by atomic mass is 9.97. The molecular formula is C24H30N4O3S. The predicted molar refractivity (Wildman–Crippen MR) is 127 cm³/mol. The molecule has 32 heavy (non-hydrogen) atoms. The summed E-state index contributed by atoms with van der Waals surface area (Å²) in [6.45, 7) is 1.01. The number of carboxylic acids is 1. The van der Waals surface area contributed by atoms with E-state index in [4.69, 9.17) is 9.72 Å². The molecule has 0 saturated heterocycles. The van der Waals surface area contributed by atoms with Gasteiger partial charge in [-0.2, -0.15) is 0 Å². The van der Waals surface area contributed by atoms with Crippen LogP contribution in [0, 0.1) is 0 Å². The van der Waals surface area contributed by atoms with E-state index in [-0.39, 0.29) is 17.7 Å². The number of nitrogens with one attached hydrogen (secondary N) is 2. The number of allylic oxidation sites excluding steroid dienone is 1. The van der Waals surface area contributed by atoms with Gasteiger partial charge in [0.15, 0.2) is 0 Å². The molecule has 0 bridgehead atoms. The molecule has 170 valence electrons. The molecule has 2 unspecified atom stereocenters. The highest BCUT2D eigenvalue weighted by molar-refractivity contribution is 8.03. The van der Waals surface area contributed by atoms with Gasteiger partial charge in [-0.25, -0.2) is 9.97 Å². The molecule has 0 fully saturated rings. The van der Waals surface area contributed by atoms with Crippen LogP contribution < -0.4 is 15.4 Å². The first kappa shape index (κ1) is 22.5. The topological polar surface area (TPSA) is 96.4 Å². The molecule has 2 atom stereocenters. The Labute approximate surface area is 193 Å². The van der Waals surface area contributed by atoms with E-state index in [2.05, 4.69) is 27.8 Å². The lowest BCUT2D eigenvalue weighted by molar-refractivity contribution is -0.137. The fourth-order valence-corrected chi connectivity index (χ4v) is 5.45. The average molecular weight is 455 g/mol. The monoisotopic (exact) mass is 454 g/mol. The number of aliphatic carboxylic acids is 1. The summed E-state index contributed by atoms with van der Waals surface area (Å²) in [5.74, 6) is 0.607. The summed E-state index contributed by atoms with van der Waals surface area (Å²) in [5, 5.41) is 16.2. The second-order valence-corrected chi connectivity index (χ2v) is 9.47. The van der Waals surface area contributed by atoms with Gasteiger partial charge in [-0.1, -0.05) is 12.1 Å². The third kappa shape index (κ3) is 5.73. The van der Waals surface area contributed by atoms with E-state index >= 15 is 0 Å². The van der Waals surface area contributed by atoms with Gasteiger partial charge in [-0.3, -0.25) is 4.79 Å². The first-order valence-corrected chi connectivity index (χ1v) is 12.1. The second-order valence-electron chi connectivity index (χ2n) is 8.20. The molecule has 0 aromatic carbocycles. The van der Waals surface area contributed by atoms with Crippen molar-refractivity contribution in [2.75, 3.05) is 19.0 Å². The highest BCUT2D eigenvalue weighted by atomic mass is 32.2. The Balaban J connectivity index is 1.26. The molecule has 7 nitrogen and oxygen atoms in total. The number of rotatable bonds is 10. The van der Waals surface area contributed by atoms with Crippen LogP contribution in [0.2, 0.25) is 0 Å². The Morgan fingerprint density at radius 3 is 2.94 bits per heavy atom. The molecule has 4 rings (SSSR count). The van der Waals surface area contributed by atoms with Crippen molar-refractivity contribution in [3.8, 4) is 5.88 Å². The minimum Gasteiger partial charge on any atom is -0.481 e. The largest absolute Gasteiger partial charge is 0.481 e. The molecule has 2 aromatic heterocycles. The van der Waals surface area contributed by atoms with Gasteiger partial charge in [0.2, 0.25) is 5.88 Å². The van der Waals surface area contributed by atoms with Crippen molar-refractivity contribution < 1.29 is 14.6 Å². The van der Waals surface area contributed by atoms with Gasteiger partial charge < -0.3 is 20.5 Å². The van der Waals surface area contributed by atoms with Crippen LogP contribution in [0.4, 0.5) is 5.82 Å². The maximum Gasteiger partial charge on any atom is 0.304 e. The molecule has 2 aromatic rings. The van der Waals surface area contributed by atoms with E-state index < -0.39 is 5.97 Å². The zero-order valence-electron chi connectivity index (χ0n) is 18.3. The first-order valence-electron chi connectivity index (χ1n) is 11.2. The SMILES string of the molecule is COc1ccc(C(CC(=O)O)C2NC=C(CCCCc3ccc4c(n3)NCCC4)S2)cn1. The van der Waals surface area contributed by atoms with Gasteiger partial charge in [0.1, 0.15) is 5.82 Å². The van der Waals surface area contributed by atoms with Gasteiger partial charge in [-0.05, 0) is 55.7 Å². The maximum atomic E-state index is 11.5. The number of aryl methyl sites for hydroxylation is 2. The number of hydrogen-bond acceptors (Lipinski definition) is 7. The third-order valence-electron chi connectivity index (χ3n) is 5.90. The Hall–Kier alpha value is -2.74. The van der Waals surface area contributed by atoms with E-state index in [1.54, 1.807) is 31.1 Å². The molecule has 0 aliphatic carbocycles. The number of unbranched alkanes of at least 4 members (excludes halogenated alkanes) is 1. The van der Waals surface area contributed by atoms with Crippen LogP contribution in [0.15, 0.2) is 41.6 Å². The number of methoxy groups -OCH3 is 1. The minimum atomic E-state index is -0.811. The molecule has 3 N–H and O–H groups in total. The highest BCUT2D eigenvalue weighted by Crippen LogP contribution is 2.39. The molecule has 2 aliphatic rings. The molecule has 0 saturated carbocycles. The average Bonchev–Trinajstić information content (AvgIpc) is 3.29. The number of anilines is 1. The van der Waals surface area contributed by atoms with E-state index in [0.29, 0.717) is 5.88 Å². The fraction of sp³-hybridized carbons (Fsp3) is 0.458. The number of ether oxygens (including phenoxy) is 1. The van der Waals surface area contributed by atoms with Crippen LogP contribution in [0.25, 0.3) is 0 Å². The minimum absolute atomic E-state index is 0.00955. The van der Waals surface area contributed by atoms with Crippen LogP contribution in [-0.2, 0) is 17.6 Å². The van der Waals surface area contributed by atoms with E-state index in [9.17, 15) is 9.90 Å². The van der Waals surface area contributed by atoms with Crippen LogP contribution in [0.3, 0.4) is 0 Å². The number of nitrogens with zero attached hydrogens (tertiary/aromatic N) is 2. The summed E-state index contributed by atoms with van der Waals surface area (Å²) in [6, 6.07) is 8.05. The van der Waals surface area contributed by atoms with Crippen molar-refractivity contribution in [1.82, 2.24) is 15.3 Å². The van der Waals surface area contributed by atoms with Crippen molar-refractivity contribution in [3.63, 3.8) is 0 Å². The quantitative estimate of drug-likeness (QED) is 0.457. The van der Waals surface area contributed by atoms with Crippen LogP contribution >= 0.6 is 11.8 Å². The molecule has 0 spiro atoms. The van der Waals surface area contributed by atoms with Crippen molar-refractivity contribution >= 4 is 23.5 Å². The van der Waals surface area contributed by atoms with Crippen molar-refractivity contribution in [3.05, 3.63) is 58.4 Å². The van der Waals surface area contributed by atoms with Crippen LogP contribution in [0.1, 0.15) is 54.8 Å². The van der Waals surface area contributed by atoms with Crippen molar-refractivity contribution in [2.24, 2.45) is 0 Å². The fourth-order valence-electron chi connectivity index (χ4n) is 4.17.